The van der Waals surface area contributed by atoms with E-state index >= 15 is 0 Å². The first-order chi connectivity index (χ1) is 11.4. The van der Waals surface area contributed by atoms with Crippen LogP contribution in [0.2, 0.25) is 0 Å². The standard InChI is InChI=1S/C16H28N4O6/c1-13(2,3)11(23)19-7-16(26,10(18)22)20(12(24)14(4,5)6)8-15(19,25)9(17)21/h25-26H,7-8H2,1-6H3,(H2,17,21)(H2,18,22)/t15-,16-/m0/s1. The zero-order valence-electron chi connectivity index (χ0n) is 16.0. The number of aliphatic hydroxyl groups is 2. The Morgan fingerprint density at radius 3 is 1.12 bits per heavy atom. The van der Waals surface area contributed by atoms with Gasteiger partial charge >= 0.3 is 0 Å². The van der Waals surface area contributed by atoms with Gasteiger partial charge in [-0.2, -0.15) is 0 Å². The predicted octanol–water partition coefficient (Wildman–Crippen LogP) is -1.90. The molecule has 2 atom stereocenters. The highest BCUT2D eigenvalue weighted by atomic mass is 16.4. The van der Waals surface area contributed by atoms with Crippen molar-refractivity contribution in [3.63, 3.8) is 0 Å². The summed E-state index contributed by atoms with van der Waals surface area (Å²) in [5, 5.41) is 21.6. The average molecular weight is 372 g/mol. The van der Waals surface area contributed by atoms with Crippen molar-refractivity contribution in [1.29, 1.82) is 0 Å². The number of β-amino-alcohol motifs (C(OH)–C–C–N with tert-alkyl or cyclic N) is 2. The lowest BCUT2D eigenvalue weighted by Crippen LogP contribution is -2.80. The molecule has 1 rings (SSSR count). The fraction of sp³-hybridized carbons (Fsp3) is 0.750. The fourth-order valence-corrected chi connectivity index (χ4v) is 2.58. The highest BCUT2D eigenvalue weighted by molar-refractivity contribution is 5.96. The van der Waals surface area contributed by atoms with E-state index in [1.54, 1.807) is 0 Å². The number of carbonyl (C=O) groups excluding carboxylic acids is 4. The van der Waals surface area contributed by atoms with Crippen LogP contribution in [0.1, 0.15) is 41.5 Å². The van der Waals surface area contributed by atoms with Crippen LogP contribution in [0.4, 0.5) is 0 Å². The molecule has 1 saturated heterocycles. The van der Waals surface area contributed by atoms with Gasteiger partial charge in [-0.05, 0) is 0 Å². The molecule has 0 aliphatic carbocycles. The largest absolute Gasteiger partial charge is 0.365 e. The van der Waals surface area contributed by atoms with Crippen LogP contribution in [0.25, 0.3) is 0 Å². The average Bonchev–Trinajstić information content (AvgIpc) is 2.45. The van der Waals surface area contributed by atoms with Crippen LogP contribution in [-0.4, -0.2) is 68.2 Å². The van der Waals surface area contributed by atoms with Gasteiger partial charge in [-0.1, -0.05) is 41.5 Å². The van der Waals surface area contributed by atoms with E-state index in [0.29, 0.717) is 9.80 Å². The Balaban J connectivity index is 3.59. The summed E-state index contributed by atoms with van der Waals surface area (Å²) in [6, 6.07) is 0. The summed E-state index contributed by atoms with van der Waals surface area (Å²) < 4.78 is 0. The van der Waals surface area contributed by atoms with Gasteiger partial charge in [-0.15, -0.1) is 0 Å². The smallest absolute Gasteiger partial charge is 0.272 e. The third kappa shape index (κ3) is 3.51. The molecule has 0 aromatic rings. The van der Waals surface area contributed by atoms with Crippen molar-refractivity contribution in [2.45, 2.75) is 53.0 Å². The Kier molecular flexibility index (Phi) is 5.21. The van der Waals surface area contributed by atoms with Gasteiger partial charge in [-0.3, -0.25) is 29.0 Å². The summed E-state index contributed by atoms with van der Waals surface area (Å²) in [6.07, 6.45) is 0. The van der Waals surface area contributed by atoms with Crippen molar-refractivity contribution in [2.24, 2.45) is 22.3 Å². The Labute approximate surface area is 152 Å². The maximum atomic E-state index is 12.7. The van der Waals surface area contributed by atoms with Gasteiger partial charge in [0, 0.05) is 10.8 Å². The van der Waals surface area contributed by atoms with E-state index in [1.165, 1.54) is 41.5 Å². The molecule has 0 spiro atoms. The molecular formula is C16H28N4O6. The summed E-state index contributed by atoms with van der Waals surface area (Å²) in [5.74, 6) is -4.09. The Bertz CT molecular complexity index is 594. The number of nitrogens with two attached hydrogens (primary N) is 2. The molecule has 10 nitrogen and oxygen atoms in total. The lowest BCUT2D eigenvalue weighted by molar-refractivity contribution is -0.237. The van der Waals surface area contributed by atoms with Gasteiger partial charge in [0.15, 0.2) is 0 Å². The van der Waals surface area contributed by atoms with Gasteiger partial charge in [0.05, 0.1) is 13.1 Å². The van der Waals surface area contributed by atoms with Gasteiger partial charge in [0.1, 0.15) is 0 Å². The Hall–Kier alpha value is -2.20. The number of carbonyl (C=O) groups is 4. The second kappa shape index (κ2) is 6.20. The number of amides is 4. The van der Waals surface area contributed by atoms with Gasteiger partial charge in [0.2, 0.25) is 23.3 Å². The van der Waals surface area contributed by atoms with E-state index in [4.69, 9.17) is 11.5 Å². The minimum Gasteiger partial charge on any atom is -0.365 e. The molecule has 0 aromatic heterocycles. The molecule has 148 valence electrons. The normalized spacial score (nSPS) is 27.2. The Morgan fingerprint density at radius 1 is 0.731 bits per heavy atom. The fourth-order valence-electron chi connectivity index (χ4n) is 2.58. The van der Waals surface area contributed by atoms with Gasteiger partial charge in [-0.25, -0.2) is 0 Å². The topological polar surface area (TPSA) is 167 Å². The van der Waals surface area contributed by atoms with Crippen LogP contribution in [0.15, 0.2) is 0 Å². The minimum atomic E-state index is -2.60. The van der Waals surface area contributed by atoms with E-state index < -0.39 is 59.0 Å². The van der Waals surface area contributed by atoms with E-state index in [2.05, 4.69) is 0 Å². The summed E-state index contributed by atoms with van der Waals surface area (Å²) in [7, 11) is 0. The maximum Gasteiger partial charge on any atom is 0.272 e. The lowest BCUT2D eigenvalue weighted by Gasteiger charge is -2.53. The van der Waals surface area contributed by atoms with Crippen LogP contribution < -0.4 is 11.5 Å². The number of primary amides is 2. The first-order valence-corrected chi connectivity index (χ1v) is 8.08. The third-order valence-electron chi connectivity index (χ3n) is 4.21. The minimum absolute atomic E-state index is 0.604. The van der Waals surface area contributed by atoms with Crippen molar-refractivity contribution in [3.05, 3.63) is 0 Å². The molecular weight excluding hydrogens is 344 g/mol. The third-order valence-corrected chi connectivity index (χ3v) is 4.21. The number of hydrogen-bond donors (Lipinski definition) is 4. The number of nitrogens with zero attached hydrogens (tertiary/aromatic N) is 2. The molecule has 6 N–H and O–H groups in total. The number of piperazine rings is 1. The zero-order valence-corrected chi connectivity index (χ0v) is 16.0. The molecule has 1 fully saturated rings. The molecule has 0 unspecified atom stereocenters. The maximum absolute atomic E-state index is 12.7. The highest BCUT2D eigenvalue weighted by Crippen LogP contribution is 2.34. The van der Waals surface area contributed by atoms with Crippen molar-refractivity contribution in [2.75, 3.05) is 13.1 Å². The first kappa shape index (κ1) is 21.8. The van der Waals surface area contributed by atoms with E-state index in [0.717, 1.165) is 0 Å². The quantitative estimate of drug-likeness (QED) is 0.441. The Morgan fingerprint density at radius 2 is 0.962 bits per heavy atom. The van der Waals surface area contributed by atoms with Gasteiger partial charge < -0.3 is 21.7 Å². The summed E-state index contributed by atoms with van der Waals surface area (Å²) in [6.45, 7) is 7.35. The molecule has 10 heteroatoms. The molecule has 0 radical (unpaired) electrons. The van der Waals surface area contributed by atoms with Crippen molar-refractivity contribution >= 4 is 23.6 Å². The summed E-state index contributed by atoms with van der Waals surface area (Å²) in [5.41, 5.74) is 3.23. The van der Waals surface area contributed by atoms with E-state index in [-0.39, 0.29) is 0 Å². The van der Waals surface area contributed by atoms with E-state index in [1.807, 2.05) is 0 Å². The highest BCUT2D eigenvalue weighted by Gasteiger charge is 2.61. The van der Waals surface area contributed by atoms with E-state index in [9.17, 15) is 29.4 Å². The molecule has 1 aliphatic rings. The van der Waals surface area contributed by atoms with Crippen LogP contribution in [0.5, 0.6) is 0 Å². The first-order valence-electron chi connectivity index (χ1n) is 8.08. The van der Waals surface area contributed by atoms with Crippen molar-refractivity contribution in [3.8, 4) is 0 Å². The van der Waals surface area contributed by atoms with Crippen LogP contribution in [-0.2, 0) is 19.2 Å². The van der Waals surface area contributed by atoms with Crippen molar-refractivity contribution < 1.29 is 29.4 Å². The molecule has 4 amide bonds. The van der Waals surface area contributed by atoms with Crippen LogP contribution in [0.3, 0.4) is 0 Å². The SMILES string of the molecule is CC(C)(C)C(=O)N1C[C@](O)(C(N)=O)N(C(=O)C(C)(C)C)C[C@]1(O)C(N)=O. The lowest BCUT2D eigenvalue weighted by atomic mass is 9.87. The number of hydrogen-bond acceptors (Lipinski definition) is 6. The molecule has 0 saturated carbocycles. The monoisotopic (exact) mass is 372 g/mol. The molecule has 0 bridgehead atoms. The zero-order chi connectivity index (χ0) is 20.9. The molecule has 1 aliphatic heterocycles. The van der Waals surface area contributed by atoms with Crippen molar-refractivity contribution in [1.82, 2.24) is 9.80 Å². The summed E-state index contributed by atoms with van der Waals surface area (Å²) >= 11 is 0. The second-order valence-electron chi connectivity index (χ2n) is 8.64. The molecule has 26 heavy (non-hydrogen) atoms. The van der Waals surface area contributed by atoms with Gasteiger partial charge in [0.25, 0.3) is 11.8 Å². The second-order valence-corrected chi connectivity index (χ2v) is 8.64. The molecule has 0 aromatic carbocycles. The predicted molar refractivity (Wildman–Crippen MR) is 90.6 cm³/mol. The summed E-state index contributed by atoms with van der Waals surface area (Å²) in [4.78, 5) is 50.6. The molecule has 1 heterocycles. The van der Waals surface area contributed by atoms with Crippen LogP contribution in [0, 0.1) is 10.8 Å². The van der Waals surface area contributed by atoms with Crippen LogP contribution >= 0.6 is 0 Å². The number of rotatable bonds is 2.